The third-order valence-corrected chi connectivity index (χ3v) is 13.8. The van der Waals surface area contributed by atoms with Crippen LogP contribution in [0.5, 0.6) is 0 Å². The highest BCUT2D eigenvalue weighted by Crippen LogP contribution is 2.36. The van der Waals surface area contributed by atoms with Crippen molar-refractivity contribution in [2.24, 2.45) is 0 Å². The molecule has 6 aliphatic heterocycles. The Morgan fingerprint density at radius 3 is 1.40 bits per heavy atom. The van der Waals surface area contributed by atoms with Crippen molar-refractivity contribution in [2.75, 3.05) is 64.2 Å². The van der Waals surface area contributed by atoms with Gasteiger partial charge in [0.25, 0.3) is 0 Å². The Morgan fingerprint density at radius 2 is 1.00 bits per heavy atom. The zero-order chi connectivity index (χ0) is 50.8. The molecule has 6 aliphatic rings. The lowest BCUT2D eigenvalue weighted by Crippen LogP contribution is -2.49. The molecule has 6 saturated heterocycles. The van der Waals surface area contributed by atoms with Crippen LogP contribution in [0.15, 0.2) is 115 Å². The zero-order valence-electron chi connectivity index (χ0n) is 41.6. The van der Waals surface area contributed by atoms with Crippen LogP contribution in [-0.4, -0.2) is 136 Å². The van der Waals surface area contributed by atoms with Gasteiger partial charge in [0.1, 0.15) is 22.4 Å². The van der Waals surface area contributed by atoms with Gasteiger partial charge in [0, 0.05) is 90.0 Å². The summed E-state index contributed by atoms with van der Waals surface area (Å²) in [5, 5.41) is 15.1. The van der Waals surface area contributed by atoms with Crippen molar-refractivity contribution in [3.63, 3.8) is 0 Å². The maximum atomic E-state index is 12.6. The number of nitrogens with zero attached hydrogens (tertiary/aromatic N) is 6. The molecule has 0 aliphatic carbocycles. The number of rotatable bonds is 7. The van der Waals surface area contributed by atoms with Gasteiger partial charge in [-0.1, -0.05) is 97.1 Å². The molecule has 0 bridgehead atoms. The van der Waals surface area contributed by atoms with E-state index in [-0.39, 0.29) is 36.0 Å². The number of ether oxygens (including phenoxy) is 4. The molecular weight excluding hydrogens is 917 g/mol. The average Bonchev–Trinajstić information content (AvgIpc) is 3.96. The molecule has 6 amide bonds. The van der Waals surface area contributed by atoms with E-state index in [1.807, 2.05) is 117 Å². The topological polar surface area (TPSA) is 186 Å². The van der Waals surface area contributed by atoms with Gasteiger partial charge in [0.2, 0.25) is 0 Å². The highest BCUT2D eigenvalue weighted by Gasteiger charge is 2.49. The molecule has 0 atom stereocenters. The summed E-state index contributed by atoms with van der Waals surface area (Å²) in [5.41, 5.74) is 2.65. The highest BCUT2D eigenvalue weighted by atomic mass is 16.6. The minimum absolute atomic E-state index is 0.166. The van der Waals surface area contributed by atoms with Gasteiger partial charge in [-0.25, -0.2) is 24.0 Å². The van der Waals surface area contributed by atoms with Gasteiger partial charge >= 0.3 is 30.4 Å². The Balaban J connectivity index is 0.000000148. The number of benzene rings is 4. The summed E-state index contributed by atoms with van der Waals surface area (Å²) in [6.07, 6.45) is 3.31. The van der Waals surface area contributed by atoms with Gasteiger partial charge in [0.05, 0.1) is 31.3 Å². The highest BCUT2D eigenvalue weighted by molar-refractivity contribution is 5.89. The van der Waals surface area contributed by atoms with E-state index in [4.69, 9.17) is 24.2 Å². The van der Waals surface area contributed by atoms with E-state index in [9.17, 15) is 24.0 Å². The fourth-order valence-corrected chi connectivity index (χ4v) is 9.93. The molecule has 2 N–H and O–H groups in total. The fourth-order valence-electron chi connectivity index (χ4n) is 9.93. The summed E-state index contributed by atoms with van der Waals surface area (Å²) in [5.74, 6) is 0. The molecule has 0 aromatic heterocycles. The van der Waals surface area contributed by atoms with E-state index in [2.05, 4.69) is 16.7 Å². The van der Waals surface area contributed by atoms with E-state index in [0.717, 1.165) is 49.2 Å². The average molecular weight is 983 g/mol. The van der Waals surface area contributed by atoms with Crippen LogP contribution in [0, 0.1) is 11.3 Å². The molecule has 0 saturated carbocycles. The number of urea groups is 1. The molecule has 10 rings (SSSR count). The number of carbonyl (C=O) groups excluding carboxylic acids is 5. The minimum Gasteiger partial charge on any atom is -0.444 e. The Hall–Kier alpha value is -7.32. The fraction of sp³-hybridized carbons (Fsp3) is 0.455. The second-order valence-electron chi connectivity index (χ2n) is 20.5. The lowest BCUT2D eigenvalue weighted by atomic mass is 9.91. The number of carbonyl (C=O) groups is 5. The van der Waals surface area contributed by atoms with Crippen molar-refractivity contribution in [1.29, 1.82) is 5.26 Å². The van der Waals surface area contributed by atoms with Crippen LogP contribution in [0.25, 0.3) is 0 Å². The molecular formula is C55H66N8O9. The standard InChI is InChI=1S/C22H22N4O3.C19H26N2O4.C14H18N2O2/c23-14-18-7-4-8-19(13-18)24-20(27)25-11-9-22(10-12-25)16-26(21(28)29-22)15-17-5-2-1-3-6-17;1-18(2,3)24-16(22)20-11-9-19(10-12-20)14-21(17(23)25-19)13-15-7-5-4-6-8-15;17-13-16(10-12-4-2-1-3-5-12)11-14(18-13)6-8-15-9-7-14/h1-8,13H,9-12,15-16H2,(H,24,27);4-8H,9-14H2,1-3H3;1-5,15H,6-11H2. The Morgan fingerprint density at radius 1 is 0.597 bits per heavy atom. The maximum Gasteiger partial charge on any atom is 0.410 e. The molecule has 0 radical (unpaired) electrons. The Bertz CT molecular complexity index is 2550. The predicted molar refractivity (Wildman–Crippen MR) is 268 cm³/mol. The lowest BCUT2D eigenvalue weighted by Gasteiger charge is -2.37. The van der Waals surface area contributed by atoms with Gasteiger partial charge < -0.3 is 39.4 Å². The predicted octanol–water partition coefficient (Wildman–Crippen LogP) is 8.75. The van der Waals surface area contributed by atoms with Crippen LogP contribution in [0.4, 0.5) is 29.7 Å². The summed E-state index contributed by atoms with van der Waals surface area (Å²) in [6.45, 7) is 13.1. The number of nitriles is 1. The van der Waals surface area contributed by atoms with Crippen molar-refractivity contribution in [2.45, 2.75) is 101 Å². The smallest absolute Gasteiger partial charge is 0.410 e. The summed E-state index contributed by atoms with van der Waals surface area (Å²) < 4.78 is 22.5. The quantitative estimate of drug-likeness (QED) is 0.169. The number of piperidine rings is 3. The van der Waals surface area contributed by atoms with Gasteiger partial charge in [-0.2, -0.15) is 5.26 Å². The lowest BCUT2D eigenvalue weighted by molar-refractivity contribution is -0.0171. The number of hydrogen-bond acceptors (Lipinski definition) is 11. The molecule has 4 aromatic carbocycles. The molecule has 6 heterocycles. The van der Waals surface area contributed by atoms with Crippen molar-refractivity contribution < 1.29 is 42.9 Å². The first-order valence-electron chi connectivity index (χ1n) is 24.9. The molecule has 72 heavy (non-hydrogen) atoms. The molecule has 380 valence electrons. The van der Waals surface area contributed by atoms with E-state index >= 15 is 0 Å². The van der Waals surface area contributed by atoms with Crippen LogP contribution in [0.3, 0.4) is 0 Å². The summed E-state index contributed by atoms with van der Waals surface area (Å²) in [4.78, 5) is 70.0. The van der Waals surface area contributed by atoms with Gasteiger partial charge in [-0.05, 0) is 68.8 Å². The van der Waals surface area contributed by atoms with Crippen LogP contribution in [0.1, 0.15) is 81.5 Å². The molecule has 17 nitrogen and oxygen atoms in total. The van der Waals surface area contributed by atoms with Gasteiger partial charge in [-0.15, -0.1) is 0 Å². The number of anilines is 1. The van der Waals surface area contributed by atoms with Crippen molar-refractivity contribution >= 4 is 36.1 Å². The van der Waals surface area contributed by atoms with Crippen molar-refractivity contribution in [3.05, 3.63) is 138 Å². The van der Waals surface area contributed by atoms with Crippen molar-refractivity contribution in [1.82, 2.24) is 29.8 Å². The molecule has 0 unspecified atom stereocenters. The molecule has 17 heteroatoms. The largest absolute Gasteiger partial charge is 0.444 e. The number of nitrogens with one attached hydrogen (secondary N) is 2. The number of likely N-dealkylation sites (tertiary alicyclic amines) is 2. The number of hydrogen-bond donors (Lipinski definition) is 2. The first-order valence-corrected chi connectivity index (χ1v) is 24.9. The third-order valence-electron chi connectivity index (χ3n) is 13.8. The second kappa shape index (κ2) is 22.4. The van der Waals surface area contributed by atoms with Crippen LogP contribution >= 0.6 is 0 Å². The summed E-state index contributed by atoms with van der Waals surface area (Å²) in [6, 6.07) is 38.5. The molecule has 3 spiro atoms. The molecule has 6 fully saturated rings. The first kappa shape index (κ1) is 51.0. The summed E-state index contributed by atoms with van der Waals surface area (Å²) in [7, 11) is 0. The van der Waals surface area contributed by atoms with Gasteiger partial charge in [0.15, 0.2) is 0 Å². The SMILES string of the molecule is CC(C)(C)OC(=O)N1CCC2(CC1)CN(Cc1ccccc1)C(=O)O2.N#Cc1cccc(NC(=O)N2CCC3(CC2)CN(Cc2ccccc2)C(=O)O3)c1.O=C1OC2(CCNCC2)CN1Cc1ccccc1. The van der Waals surface area contributed by atoms with E-state index < -0.39 is 16.8 Å². The monoisotopic (exact) mass is 982 g/mol. The summed E-state index contributed by atoms with van der Waals surface area (Å²) >= 11 is 0. The van der Waals surface area contributed by atoms with Crippen LogP contribution < -0.4 is 10.6 Å². The van der Waals surface area contributed by atoms with Crippen molar-refractivity contribution in [3.8, 4) is 6.07 Å². The maximum absolute atomic E-state index is 12.6. The van der Waals surface area contributed by atoms with Crippen LogP contribution in [0.2, 0.25) is 0 Å². The molecule has 4 aromatic rings. The van der Waals surface area contributed by atoms with Gasteiger partial charge in [-0.3, -0.25) is 14.7 Å². The zero-order valence-corrected chi connectivity index (χ0v) is 41.6. The number of amides is 6. The third kappa shape index (κ3) is 13.3. The second-order valence-corrected chi connectivity index (χ2v) is 20.5. The van der Waals surface area contributed by atoms with E-state index in [1.165, 1.54) is 0 Å². The Kier molecular flexibility index (Phi) is 15.9. The van der Waals surface area contributed by atoms with E-state index in [0.29, 0.717) is 95.8 Å². The van der Waals surface area contributed by atoms with E-state index in [1.54, 1.807) is 43.9 Å². The normalized spacial score (nSPS) is 19.6. The Labute approximate surface area is 421 Å². The first-order chi connectivity index (χ1) is 34.6. The minimum atomic E-state index is -0.524. The van der Waals surface area contributed by atoms with Crippen LogP contribution in [-0.2, 0) is 38.6 Å².